The van der Waals surface area contributed by atoms with Crippen LogP contribution in [0.2, 0.25) is 0 Å². The van der Waals surface area contributed by atoms with E-state index < -0.39 is 15.3 Å². The smallest absolute Gasteiger partial charge is 0.212 e. The summed E-state index contributed by atoms with van der Waals surface area (Å²) in [6.45, 7) is 3.46. The highest BCUT2D eigenvalue weighted by Gasteiger charge is 2.38. The van der Waals surface area contributed by atoms with Gasteiger partial charge in [-0.2, -0.15) is 0 Å². The number of sulfonamides is 1. The fourth-order valence-corrected chi connectivity index (χ4v) is 6.99. The van der Waals surface area contributed by atoms with Crippen LogP contribution in [0.3, 0.4) is 0 Å². The number of fused-ring (bicyclic) bond motifs is 1. The molecule has 2 aliphatic carbocycles. The van der Waals surface area contributed by atoms with Crippen molar-refractivity contribution in [3.8, 4) is 0 Å². The Balaban J connectivity index is 1.36. The number of primary sulfonamides is 1. The van der Waals surface area contributed by atoms with Crippen LogP contribution in [-0.2, 0) is 29.3 Å². The minimum Gasteiger partial charge on any atom is -0.303 e. The van der Waals surface area contributed by atoms with Crippen molar-refractivity contribution < 1.29 is 12.8 Å². The maximum atomic E-state index is 13.8. The van der Waals surface area contributed by atoms with Gasteiger partial charge in [-0.25, -0.2) is 17.9 Å². The lowest BCUT2D eigenvalue weighted by Crippen LogP contribution is -2.41. The van der Waals surface area contributed by atoms with E-state index in [-0.39, 0.29) is 11.7 Å². The van der Waals surface area contributed by atoms with Gasteiger partial charge in [-0.3, -0.25) is 0 Å². The summed E-state index contributed by atoms with van der Waals surface area (Å²) in [6.07, 6.45) is 6.45. The minimum absolute atomic E-state index is 0.178. The van der Waals surface area contributed by atoms with Crippen LogP contribution in [0.1, 0.15) is 53.9 Å². The molecule has 3 atom stereocenters. The predicted octanol–water partition coefficient (Wildman–Crippen LogP) is 4.03. The summed E-state index contributed by atoms with van der Waals surface area (Å²) >= 11 is 0. The molecule has 0 aromatic heterocycles. The van der Waals surface area contributed by atoms with Gasteiger partial charge in [-0.05, 0) is 110 Å². The van der Waals surface area contributed by atoms with Gasteiger partial charge in [0.25, 0.3) is 0 Å². The molecule has 1 saturated heterocycles. The average molecular weight is 457 g/mol. The fraction of sp³-hybridized carbons (Fsp3) is 0.538. The quantitative estimate of drug-likeness (QED) is 0.620. The van der Waals surface area contributed by atoms with Crippen LogP contribution in [0.25, 0.3) is 0 Å². The molecule has 3 unspecified atom stereocenters. The fourth-order valence-electron chi connectivity index (χ4n) is 5.74. The lowest BCUT2D eigenvalue weighted by atomic mass is 9.85. The number of hydrogen-bond acceptors (Lipinski definition) is 3. The van der Waals surface area contributed by atoms with E-state index in [2.05, 4.69) is 23.1 Å². The van der Waals surface area contributed by atoms with Gasteiger partial charge in [0.15, 0.2) is 0 Å². The first kappa shape index (κ1) is 22.1. The Bertz CT molecular complexity index is 1080. The van der Waals surface area contributed by atoms with Gasteiger partial charge < -0.3 is 4.90 Å². The number of rotatable bonds is 9. The van der Waals surface area contributed by atoms with E-state index in [1.165, 1.54) is 42.3 Å². The molecule has 0 bridgehead atoms. The van der Waals surface area contributed by atoms with Crippen molar-refractivity contribution in [1.29, 1.82) is 0 Å². The van der Waals surface area contributed by atoms with E-state index in [1.54, 1.807) is 12.1 Å². The number of hydrogen-bond donors (Lipinski definition) is 1. The van der Waals surface area contributed by atoms with Crippen molar-refractivity contribution in [2.45, 2.75) is 56.1 Å². The lowest BCUT2D eigenvalue weighted by Gasteiger charge is -2.35. The first-order valence-corrected chi connectivity index (χ1v) is 13.6. The van der Waals surface area contributed by atoms with E-state index in [0.717, 1.165) is 44.2 Å². The van der Waals surface area contributed by atoms with Crippen LogP contribution in [0.4, 0.5) is 4.39 Å². The molecule has 0 amide bonds. The first-order chi connectivity index (χ1) is 15.4. The standard InChI is InChI=1S/C26H33FN2O2S/c27-23-4-1-3-19(13-23)15-25-22(17-29-11-2-12-29)16-21-7-5-18(14-24(21)25)6-10-26(20-8-9-20)32(28,30)31/h1,3-5,7,13-14,20,22,25-26H,2,6,8-12,15-17H2,(H2,28,30,31). The van der Waals surface area contributed by atoms with E-state index in [0.29, 0.717) is 18.3 Å². The van der Waals surface area contributed by atoms with E-state index in [1.807, 2.05) is 6.07 Å². The second kappa shape index (κ2) is 8.88. The molecule has 32 heavy (non-hydrogen) atoms. The number of nitrogens with two attached hydrogens (primary N) is 1. The second-order valence-corrected chi connectivity index (χ2v) is 11.9. The molecule has 5 rings (SSSR count). The van der Waals surface area contributed by atoms with Gasteiger partial charge in [-0.1, -0.05) is 30.3 Å². The molecule has 4 nitrogen and oxygen atoms in total. The van der Waals surface area contributed by atoms with Crippen LogP contribution >= 0.6 is 0 Å². The summed E-state index contributed by atoms with van der Waals surface area (Å²) in [5.74, 6) is 0.959. The van der Waals surface area contributed by atoms with Crippen LogP contribution in [-0.4, -0.2) is 38.2 Å². The Hall–Kier alpha value is -1.76. The molecular weight excluding hydrogens is 423 g/mol. The molecule has 0 radical (unpaired) electrons. The summed E-state index contributed by atoms with van der Waals surface area (Å²) < 4.78 is 37.9. The summed E-state index contributed by atoms with van der Waals surface area (Å²) in [5.41, 5.74) is 5.00. The Labute approximate surface area is 191 Å². The van der Waals surface area contributed by atoms with Crippen LogP contribution < -0.4 is 5.14 Å². The maximum Gasteiger partial charge on any atom is 0.212 e. The molecule has 1 aliphatic heterocycles. The topological polar surface area (TPSA) is 63.4 Å². The highest BCUT2D eigenvalue weighted by atomic mass is 32.2. The summed E-state index contributed by atoms with van der Waals surface area (Å²) in [6, 6.07) is 13.7. The van der Waals surface area contributed by atoms with Crippen molar-refractivity contribution in [1.82, 2.24) is 4.90 Å². The number of nitrogens with zero attached hydrogens (tertiary/aromatic N) is 1. The van der Waals surface area contributed by atoms with Gasteiger partial charge in [-0.15, -0.1) is 0 Å². The second-order valence-electron chi connectivity index (χ2n) is 10.1. The van der Waals surface area contributed by atoms with Crippen LogP contribution in [0.5, 0.6) is 0 Å². The first-order valence-electron chi connectivity index (χ1n) is 12.0. The minimum atomic E-state index is -3.50. The molecule has 0 spiro atoms. The van der Waals surface area contributed by atoms with Gasteiger partial charge in [0.1, 0.15) is 5.82 Å². The highest BCUT2D eigenvalue weighted by molar-refractivity contribution is 7.89. The van der Waals surface area contributed by atoms with Crippen molar-refractivity contribution >= 4 is 10.0 Å². The normalized spacial score (nSPS) is 24.2. The zero-order chi connectivity index (χ0) is 22.3. The van der Waals surface area contributed by atoms with Gasteiger partial charge in [0.05, 0.1) is 5.25 Å². The van der Waals surface area contributed by atoms with Crippen LogP contribution in [0.15, 0.2) is 42.5 Å². The van der Waals surface area contributed by atoms with Gasteiger partial charge in [0, 0.05) is 6.54 Å². The van der Waals surface area contributed by atoms with Gasteiger partial charge >= 0.3 is 0 Å². The molecule has 2 aromatic rings. The molecule has 2 N–H and O–H groups in total. The molecule has 3 aliphatic rings. The maximum absolute atomic E-state index is 13.8. The summed E-state index contributed by atoms with van der Waals surface area (Å²) in [7, 11) is -3.50. The zero-order valence-electron chi connectivity index (χ0n) is 18.5. The number of aryl methyl sites for hydroxylation is 1. The third-order valence-corrected chi connectivity index (χ3v) is 9.20. The summed E-state index contributed by atoms with van der Waals surface area (Å²) in [4.78, 5) is 2.53. The van der Waals surface area contributed by atoms with Crippen molar-refractivity contribution in [2.24, 2.45) is 17.0 Å². The molecule has 2 aromatic carbocycles. The molecule has 172 valence electrons. The lowest BCUT2D eigenvalue weighted by molar-refractivity contribution is 0.145. The molecule has 2 fully saturated rings. The third-order valence-electron chi connectivity index (χ3n) is 7.73. The van der Waals surface area contributed by atoms with E-state index in [4.69, 9.17) is 5.14 Å². The van der Waals surface area contributed by atoms with Crippen molar-refractivity contribution in [2.75, 3.05) is 19.6 Å². The molecule has 1 saturated carbocycles. The monoisotopic (exact) mass is 456 g/mol. The van der Waals surface area contributed by atoms with Crippen molar-refractivity contribution in [3.05, 3.63) is 70.5 Å². The van der Waals surface area contributed by atoms with Crippen LogP contribution in [0, 0.1) is 17.7 Å². The number of likely N-dealkylation sites (tertiary alicyclic amines) is 1. The Morgan fingerprint density at radius 2 is 1.91 bits per heavy atom. The Kier molecular flexibility index (Phi) is 6.12. The molecular formula is C26H33FN2O2S. The number of benzene rings is 2. The highest BCUT2D eigenvalue weighted by Crippen LogP contribution is 2.42. The van der Waals surface area contributed by atoms with E-state index in [9.17, 15) is 12.8 Å². The largest absolute Gasteiger partial charge is 0.303 e. The molecule has 6 heteroatoms. The summed E-state index contributed by atoms with van der Waals surface area (Å²) in [5, 5.41) is 5.10. The predicted molar refractivity (Wildman–Crippen MR) is 125 cm³/mol. The Morgan fingerprint density at radius 3 is 2.56 bits per heavy atom. The molecule has 1 heterocycles. The number of halogens is 1. The van der Waals surface area contributed by atoms with E-state index >= 15 is 0 Å². The SMILES string of the molecule is NS(=O)(=O)C(CCc1ccc2c(c1)C(Cc1cccc(F)c1)C(CN1CCC1)C2)C1CC1. The average Bonchev–Trinajstić information content (AvgIpc) is 3.47. The van der Waals surface area contributed by atoms with Crippen molar-refractivity contribution in [3.63, 3.8) is 0 Å². The Morgan fingerprint density at radius 1 is 1.09 bits per heavy atom. The zero-order valence-corrected chi connectivity index (χ0v) is 19.4. The third kappa shape index (κ3) is 4.92. The van der Waals surface area contributed by atoms with Gasteiger partial charge in [0.2, 0.25) is 10.0 Å².